The Balaban J connectivity index is 2.90. The Labute approximate surface area is 57.3 Å². The first kappa shape index (κ1) is 8.44. The van der Waals surface area contributed by atoms with E-state index in [4.69, 9.17) is 5.73 Å². The highest BCUT2D eigenvalue weighted by molar-refractivity contribution is 4.82. The predicted octanol–water partition coefficient (Wildman–Crippen LogP) is 2.18. The first-order valence-electron chi connectivity index (χ1n) is 3.32. The van der Waals surface area contributed by atoms with E-state index in [1.54, 1.807) is 0 Å². The summed E-state index contributed by atoms with van der Waals surface area (Å²) in [6.07, 6.45) is 9.20. The van der Waals surface area contributed by atoms with E-state index >= 15 is 0 Å². The molecule has 0 aliphatic carbocycles. The summed E-state index contributed by atoms with van der Waals surface area (Å²) in [5.41, 5.74) is 6.78. The first-order valence-corrected chi connectivity index (χ1v) is 3.32. The predicted molar refractivity (Wildman–Crippen MR) is 41.2 cm³/mol. The molecule has 0 unspecified atom stereocenters. The monoisotopic (exact) mass is 124 g/mol. The van der Waals surface area contributed by atoms with Crippen LogP contribution in [0.4, 0.5) is 0 Å². The van der Waals surface area contributed by atoms with Gasteiger partial charge in [0.15, 0.2) is 0 Å². The molecule has 1 radical (unpaired) electrons. The van der Waals surface area contributed by atoms with Gasteiger partial charge in [-0.15, -0.1) is 6.58 Å². The highest BCUT2D eigenvalue weighted by Crippen LogP contribution is 1.95. The Morgan fingerprint density at radius 2 is 2.00 bits per heavy atom. The SMILES string of the molecule is C=CCCCC=CC[NH]. The molecule has 0 aliphatic rings. The lowest BCUT2D eigenvalue weighted by molar-refractivity contribution is 0.867. The topological polar surface area (TPSA) is 23.8 Å². The van der Waals surface area contributed by atoms with Crippen molar-refractivity contribution in [3.05, 3.63) is 24.8 Å². The molecule has 51 valence electrons. The summed E-state index contributed by atoms with van der Waals surface area (Å²) in [5.74, 6) is 0. The minimum atomic E-state index is 0.411. The zero-order valence-electron chi connectivity index (χ0n) is 5.77. The molecule has 0 amide bonds. The van der Waals surface area contributed by atoms with Gasteiger partial charge in [0, 0.05) is 6.54 Å². The minimum absolute atomic E-state index is 0.411. The van der Waals surface area contributed by atoms with Crippen molar-refractivity contribution in [2.45, 2.75) is 19.3 Å². The zero-order chi connectivity index (χ0) is 6.95. The molecule has 1 heteroatoms. The molecular weight excluding hydrogens is 110 g/mol. The van der Waals surface area contributed by atoms with Crippen molar-refractivity contribution in [1.82, 2.24) is 5.73 Å². The largest absolute Gasteiger partial charge is 0.254 e. The fraction of sp³-hybridized carbons (Fsp3) is 0.500. The maximum atomic E-state index is 6.78. The number of hydrogen-bond acceptors (Lipinski definition) is 0. The molecule has 0 aromatic rings. The van der Waals surface area contributed by atoms with Gasteiger partial charge in [0.1, 0.15) is 0 Å². The third-order valence-electron chi connectivity index (χ3n) is 1.06. The molecule has 0 bridgehead atoms. The quantitative estimate of drug-likeness (QED) is 0.396. The van der Waals surface area contributed by atoms with Crippen LogP contribution in [0.1, 0.15) is 19.3 Å². The molecule has 0 rings (SSSR count). The van der Waals surface area contributed by atoms with Gasteiger partial charge in [0.05, 0.1) is 0 Å². The van der Waals surface area contributed by atoms with Gasteiger partial charge in [-0.2, -0.15) is 0 Å². The molecule has 0 aliphatic heterocycles. The van der Waals surface area contributed by atoms with E-state index in [0.29, 0.717) is 6.54 Å². The molecule has 1 nitrogen and oxygen atoms in total. The maximum Gasteiger partial charge on any atom is 0.0281 e. The molecule has 0 spiro atoms. The number of allylic oxidation sites excluding steroid dienone is 2. The Hall–Kier alpha value is -0.560. The van der Waals surface area contributed by atoms with Crippen molar-refractivity contribution >= 4 is 0 Å². The normalized spacial score (nSPS) is 10.3. The van der Waals surface area contributed by atoms with Crippen molar-refractivity contribution in [2.24, 2.45) is 0 Å². The van der Waals surface area contributed by atoms with Crippen LogP contribution in [0.2, 0.25) is 0 Å². The summed E-state index contributed by atoms with van der Waals surface area (Å²) in [5, 5.41) is 0. The lowest BCUT2D eigenvalue weighted by Gasteiger charge is -1.86. The van der Waals surface area contributed by atoms with Crippen molar-refractivity contribution in [2.75, 3.05) is 6.54 Å². The summed E-state index contributed by atoms with van der Waals surface area (Å²) in [6, 6.07) is 0. The summed E-state index contributed by atoms with van der Waals surface area (Å²) in [6.45, 7) is 4.03. The Morgan fingerprint density at radius 3 is 2.56 bits per heavy atom. The number of rotatable bonds is 5. The molecule has 9 heavy (non-hydrogen) atoms. The fourth-order valence-electron chi connectivity index (χ4n) is 0.581. The van der Waals surface area contributed by atoms with Crippen molar-refractivity contribution in [3.63, 3.8) is 0 Å². The van der Waals surface area contributed by atoms with E-state index in [-0.39, 0.29) is 0 Å². The van der Waals surface area contributed by atoms with Crippen LogP contribution in [-0.4, -0.2) is 6.54 Å². The van der Waals surface area contributed by atoms with Crippen molar-refractivity contribution in [3.8, 4) is 0 Å². The van der Waals surface area contributed by atoms with Crippen molar-refractivity contribution in [1.29, 1.82) is 0 Å². The summed E-state index contributed by atoms with van der Waals surface area (Å²) in [4.78, 5) is 0. The molecule has 1 N–H and O–H groups in total. The van der Waals surface area contributed by atoms with E-state index < -0.39 is 0 Å². The molecule has 0 aromatic heterocycles. The van der Waals surface area contributed by atoms with Crippen LogP contribution in [0.5, 0.6) is 0 Å². The van der Waals surface area contributed by atoms with Crippen LogP contribution < -0.4 is 5.73 Å². The number of nitrogens with one attached hydrogen (secondary N) is 1. The Bertz CT molecular complexity index is 84.6. The number of unbranched alkanes of at least 4 members (excludes halogenated alkanes) is 2. The lowest BCUT2D eigenvalue weighted by atomic mass is 10.2. The van der Waals surface area contributed by atoms with Crippen LogP contribution >= 0.6 is 0 Å². The average Bonchev–Trinajstić information content (AvgIpc) is 1.89. The van der Waals surface area contributed by atoms with Crippen LogP contribution in [0.25, 0.3) is 0 Å². The molecular formula is C8H14N. The van der Waals surface area contributed by atoms with E-state index in [9.17, 15) is 0 Å². The standard InChI is InChI=1S/C8H14N/c1-2-3-4-5-6-7-8-9/h2,6-7,9H,1,3-5,8H2. The van der Waals surface area contributed by atoms with Gasteiger partial charge < -0.3 is 0 Å². The molecule has 0 aromatic carbocycles. The molecule has 0 heterocycles. The number of hydrogen-bond donors (Lipinski definition) is 0. The summed E-state index contributed by atoms with van der Waals surface area (Å²) in [7, 11) is 0. The Kier molecular flexibility index (Phi) is 6.98. The highest BCUT2D eigenvalue weighted by atomic mass is 14.5. The first-order chi connectivity index (χ1) is 4.41. The van der Waals surface area contributed by atoms with E-state index in [1.165, 1.54) is 6.42 Å². The average molecular weight is 124 g/mol. The van der Waals surface area contributed by atoms with Crippen LogP contribution in [-0.2, 0) is 0 Å². The van der Waals surface area contributed by atoms with Crippen LogP contribution in [0.15, 0.2) is 24.8 Å². The minimum Gasteiger partial charge on any atom is -0.254 e. The maximum absolute atomic E-state index is 6.78. The van der Waals surface area contributed by atoms with Crippen LogP contribution in [0, 0.1) is 0 Å². The van der Waals surface area contributed by atoms with Gasteiger partial charge in [-0.1, -0.05) is 18.2 Å². The third kappa shape index (κ3) is 7.44. The van der Waals surface area contributed by atoms with Gasteiger partial charge in [0.25, 0.3) is 0 Å². The van der Waals surface area contributed by atoms with E-state index in [1.807, 2.05) is 12.2 Å². The summed E-state index contributed by atoms with van der Waals surface area (Å²) < 4.78 is 0. The highest BCUT2D eigenvalue weighted by Gasteiger charge is 1.76. The lowest BCUT2D eigenvalue weighted by Crippen LogP contribution is -1.74. The smallest absolute Gasteiger partial charge is 0.0281 e. The second-order valence-corrected chi connectivity index (χ2v) is 1.90. The summed E-state index contributed by atoms with van der Waals surface area (Å²) >= 11 is 0. The molecule has 0 saturated heterocycles. The molecule has 0 saturated carbocycles. The van der Waals surface area contributed by atoms with Gasteiger partial charge in [0.2, 0.25) is 0 Å². The molecule has 0 fully saturated rings. The van der Waals surface area contributed by atoms with Crippen molar-refractivity contribution < 1.29 is 0 Å². The fourth-order valence-corrected chi connectivity index (χ4v) is 0.581. The van der Waals surface area contributed by atoms with Gasteiger partial charge in [-0.25, -0.2) is 0 Å². The van der Waals surface area contributed by atoms with E-state index in [0.717, 1.165) is 12.8 Å². The Morgan fingerprint density at radius 1 is 1.22 bits per heavy atom. The third-order valence-corrected chi connectivity index (χ3v) is 1.06. The van der Waals surface area contributed by atoms with Gasteiger partial charge >= 0.3 is 0 Å². The zero-order valence-corrected chi connectivity index (χ0v) is 5.77. The second-order valence-electron chi connectivity index (χ2n) is 1.90. The second kappa shape index (κ2) is 7.44. The van der Waals surface area contributed by atoms with Crippen LogP contribution in [0.3, 0.4) is 0 Å². The van der Waals surface area contributed by atoms with Gasteiger partial charge in [-0.3, -0.25) is 5.73 Å². The van der Waals surface area contributed by atoms with Gasteiger partial charge in [-0.05, 0) is 19.3 Å². The van der Waals surface area contributed by atoms with E-state index in [2.05, 4.69) is 12.7 Å². The molecule has 0 atom stereocenters.